The van der Waals surface area contributed by atoms with Crippen LogP contribution < -0.4 is 10.9 Å². The van der Waals surface area contributed by atoms with Gasteiger partial charge in [0.2, 0.25) is 5.91 Å². The van der Waals surface area contributed by atoms with Crippen molar-refractivity contribution < 1.29 is 9.21 Å². The van der Waals surface area contributed by atoms with Crippen LogP contribution in [0.25, 0.3) is 10.9 Å². The highest BCUT2D eigenvalue weighted by Gasteiger charge is 2.15. The molecule has 0 aliphatic carbocycles. The maximum absolute atomic E-state index is 12.8. The summed E-state index contributed by atoms with van der Waals surface area (Å²) in [5, 5.41) is 4.22. The molecule has 0 fully saturated rings. The fourth-order valence-corrected chi connectivity index (χ4v) is 3.59. The van der Waals surface area contributed by atoms with Crippen molar-refractivity contribution in [3.8, 4) is 0 Å². The fourth-order valence-electron chi connectivity index (χ4n) is 2.60. The van der Waals surface area contributed by atoms with Crippen LogP contribution in [0.3, 0.4) is 0 Å². The molecule has 1 atom stereocenters. The number of nitrogens with one attached hydrogen (secondary N) is 1. The third kappa shape index (κ3) is 4.43. The SMILES string of the molecule is C=CCn1c(SCC(=O)N[C@H](C)c2ccco2)nc2ccc(Cl)cc2c1=O. The maximum Gasteiger partial charge on any atom is 0.262 e. The van der Waals surface area contributed by atoms with Crippen molar-refractivity contribution in [2.75, 3.05) is 5.75 Å². The molecule has 1 aromatic carbocycles. The normalized spacial score (nSPS) is 12.1. The average molecular weight is 404 g/mol. The number of furan rings is 1. The van der Waals surface area contributed by atoms with Gasteiger partial charge in [0.1, 0.15) is 5.76 Å². The van der Waals surface area contributed by atoms with Crippen LogP contribution in [0.4, 0.5) is 0 Å². The van der Waals surface area contributed by atoms with Crippen molar-refractivity contribution >= 4 is 40.2 Å². The lowest BCUT2D eigenvalue weighted by Crippen LogP contribution is -2.29. The first-order valence-electron chi connectivity index (χ1n) is 8.26. The second-order valence-electron chi connectivity index (χ2n) is 5.85. The van der Waals surface area contributed by atoms with Crippen molar-refractivity contribution in [2.45, 2.75) is 24.7 Å². The van der Waals surface area contributed by atoms with E-state index >= 15 is 0 Å². The Morgan fingerprint density at radius 1 is 1.48 bits per heavy atom. The van der Waals surface area contributed by atoms with E-state index in [1.54, 1.807) is 42.7 Å². The number of carbonyl (C=O) groups is 1. The van der Waals surface area contributed by atoms with Gasteiger partial charge in [-0.05, 0) is 37.3 Å². The number of hydrogen-bond acceptors (Lipinski definition) is 5. The van der Waals surface area contributed by atoms with Gasteiger partial charge in [-0.3, -0.25) is 14.2 Å². The van der Waals surface area contributed by atoms with Crippen molar-refractivity contribution in [1.82, 2.24) is 14.9 Å². The van der Waals surface area contributed by atoms with Crippen LogP contribution in [0.2, 0.25) is 5.02 Å². The fraction of sp³-hybridized carbons (Fsp3) is 0.211. The van der Waals surface area contributed by atoms with Gasteiger partial charge in [-0.2, -0.15) is 0 Å². The van der Waals surface area contributed by atoms with E-state index < -0.39 is 0 Å². The van der Waals surface area contributed by atoms with E-state index in [0.29, 0.717) is 33.4 Å². The van der Waals surface area contributed by atoms with Gasteiger partial charge in [-0.25, -0.2) is 4.98 Å². The largest absolute Gasteiger partial charge is 0.467 e. The summed E-state index contributed by atoms with van der Waals surface area (Å²) in [5.41, 5.74) is 0.325. The summed E-state index contributed by atoms with van der Waals surface area (Å²) < 4.78 is 6.77. The van der Waals surface area contributed by atoms with Crippen molar-refractivity contribution in [1.29, 1.82) is 0 Å². The van der Waals surface area contributed by atoms with Gasteiger partial charge >= 0.3 is 0 Å². The topological polar surface area (TPSA) is 77.1 Å². The van der Waals surface area contributed by atoms with E-state index in [2.05, 4.69) is 16.9 Å². The Kier molecular flexibility index (Phi) is 6.03. The molecule has 0 saturated heterocycles. The third-order valence-corrected chi connectivity index (χ3v) is 5.08. The quantitative estimate of drug-likeness (QED) is 0.369. The van der Waals surface area contributed by atoms with Gasteiger partial charge < -0.3 is 9.73 Å². The summed E-state index contributed by atoms with van der Waals surface area (Å²) in [7, 11) is 0. The molecule has 0 radical (unpaired) electrons. The Morgan fingerprint density at radius 3 is 3.00 bits per heavy atom. The van der Waals surface area contributed by atoms with E-state index in [4.69, 9.17) is 16.0 Å². The predicted octanol–water partition coefficient (Wildman–Crippen LogP) is 3.80. The van der Waals surface area contributed by atoms with Crippen LogP contribution in [-0.4, -0.2) is 21.2 Å². The Labute approximate surface area is 165 Å². The number of fused-ring (bicyclic) bond motifs is 1. The minimum Gasteiger partial charge on any atom is -0.467 e. The first-order valence-corrected chi connectivity index (χ1v) is 9.62. The number of benzene rings is 1. The highest BCUT2D eigenvalue weighted by Crippen LogP contribution is 2.21. The molecule has 1 N–H and O–H groups in total. The zero-order chi connectivity index (χ0) is 19.4. The smallest absolute Gasteiger partial charge is 0.262 e. The molecule has 6 nitrogen and oxygen atoms in total. The lowest BCUT2D eigenvalue weighted by molar-refractivity contribution is -0.119. The second kappa shape index (κ2) is 8.45. The molecule has 0 saturated carbocycles. The number of nitrogens with zero attached hydrogens (tertiary/aromatic N) is 2. The summed E-state index contributed by atoms with van der Waals surface area (Å²) in [5.74, 6) is 0.616. The zero-order valence-electron chi connectivity index (χ0n) is 14.6. The Bertz CT molecular complexity index is 1030. The Hall–Kier alpha value is -2.51. The molecule has 0 unspecified atom stereocenters. The van der Waals surface area contributed by atoms with Crippen LogP contribution >= 0.6 is 23.4 Å². The number of carbonyl (C=O) groups excluding carboxylic acids is 1. The minimum atomic E-state index is -0.241. The third-order valence-electron chi connectivity index (χ3n) is 3.87. The number of allylic oxidation sites excluding steroid dienone is 1. The minimum absolute atomic E-state index is 0.119. The highest BCUT2D eigenvalue weighted by molar-refractivity contribution is 7.99. The van der Waals surface area contributed by atoms with Crippen LogP contribution in [0.5, 0.6) is 0 Å². The van der Waals surface area contributed by atoms with Gasteiger partial charge in [0.15, 0.2) is 5.16 Å². The van der Waals surface area contributed by atoms with Crippen LogP contribution in [0, 0.1) is 0 Å². The van der Waals surface area contributed by atoms with E-state index in [1.165, 1.54) is 16.3 Å². The molecule has 2 heterocycles. The first kappa shape index (κ1) is 19.3. The van der Waals surface area contributed by atoms with E-state index in [-0.39, 0.29) is 23.3 Å². The van der Waals surface area contributed by atoms with Gasteiger partial charge in [0.25, 0.3) is 5.56 Å². The Balaban J connectivity index is 1.80. The number of halogens is 1. The molecular weight excluding hydrogens is 386 g/mol. The Morgan fingerprint density at radius 2 is 2.30 bits per heavy atom. The molecule has 0 aliphatic rings. The van der Waals surface area contributed by atoms with Gasteiger partial charge in [0.05, 0.1) is 29.0 Å². The highest BCUT2D eigenvalue weighted by atomic mass is 35.5. The van der Waals surface area contributed by atoms with Crippen molar-refractivity contribution in [3.05, 3.63) is 70.4 Å². The molecular formula is C19H18ClN3O3S. The van der Waals surface area contributed by atoms with Gasteiger partial charge in [-0.1, -0.05) is 29.4 Å². The molecule has 27 heavy (non-hydrogen) atoms. The zero-order valence-corrected chi connectivity index (χ0v) is 16.2. The molecule has 140 valence electrons. The number of amides is 1. The van der Waals surface area contributed by atoms with Crippen LogP contribution in [0.15, 0.2) is 63.6 Å². The summed E-state index contributed by atoms with van der Waals surface area (Å²) in [6.07, 6.45) is 3.18. The van der Waals surface area contributed by atoms with Crippen molar-refractivity contribution in [3.63, 3.8) is 0 Å². The molecule has 0 spiro atoms. The summed E-state index contributed by atoms with van der Waals surface area (Å²) in [6, 6.07) is 8.30. The summed E-state index contributed by atoms with van der Waals surface area (Å²) in [6.45, 7) is 5.82. The van der Waals surface area contributed by atoms with E-state index in [9.17, 15) is 9.59 Å². The number of rotatable bonds is 7. The standard InChI is InChI=1S/C19H18ClN3O3S/c1-3-8-23-18(25)14-10-13(20)6-7-15(14)22-19(23)27-11-17(24)21-12(2)16-5-4-9-26-16/h3-7,9-10,12H,1,8,11H2,2H3,(H,21,24)/t12-/m1/s1. The summed E-state index contributed by atoms with van der Waals surface area (Å²) >= 11 is 7.19. The molecule has 0 bridgehead atoms. The number of aromatic nitrogens is 2. The van der Waals surface area contributed by atoms with Gasteiger partial charge in [0, 0.05) is 11.6 Å². The van der Waals surface area contributed by atoms with Gasteiger partial charge in [-0.15, -0.1) is 6.58 Å². The summed E-state index contributed by atoms with van der Waals surface area (Å²) in [4.78, 5) is 29.5. The average Bonchev–Trinajstić information content (AvgIpc) is 3.18. The monoisotopic (exact) mass is 403 g/mol. The molecule has 8 heteroatoms. The molecule has 1 amide bonds. The van der Waals surface area contributed by atoms with Crippen molar-refractivity contribution in [2.24, 2.45) is 0 Å². The number of thioether (sulfide) groups is 1. The first-order chi connectivity index (χ1) is 13.0. The van der Waals surface area contributed by atoms with Crippen LogP contribution in [-0.2, 0) is 11.3 Å². The second-order valence-corrected chi connectivity index (χ2v) is 7.23. The van der Waals surface area contributed by atoms with Crippen LogP contribution in [0.1, 0.15) is 18.7 Å². The van der Waals surface area contributed by atoms with E-state index in [0.717, 1.165) is 0 Å². The lowest BCUT2D eigenvalue weighted by atomic mass is 10.2. The number of hydrogen-bond donors (Lipinski definition) is 1. The molecule has 2 aromatic heterocycles. The molecule has 3 aromatic rings. The lowest BCUT2D eigenvalue weighted by Gasteiger charge is -2.13. The molecule has 3 rings (SSSR count). The predicted molar refractivity (Wildman–Crippen MR) is 107 cm³/mol. The maximum atomic E-state index is 12.8. The molecule has 0 aliphatic heterocycles. The van der Waals surface area contributed by atoms with E-state index in [1.807, 2.05) is 6.92 Å².